The van der Waals surface area contributed by atoms with Gasteiger partial charge in [-0.2, -0.15) is 0 Å². The minimum Gasteiger partial charge on any atom is -0.452 e. The number of carbonyl (C=O) groups excluding carboxylic acids is 3. The van der Waals surface area contributed by atoms with E-state index < -0.39 is 23.8 Å². The van der Waals surface area contributed by atoms with E-state index in [0.29, 0.717) is 5.69 Å². The maximum absolute atomic E-state index is 13.1. The second-order valence-corrected chi connectivity index (χ2v) is 7.03. The molecule has 1 atom stereocenters. The summed E-state index contributed by atoms with van der Waals surface area (Å²) in [6, 6.07) is 12.8. The summed E-state index contributed by atoms with van der Waals surface area (Å²) in [6.07, 6.45) is -1.04. The lowest BCUT2D eigenvalue weighted by molar-refractivity contribution is -0.150. The van der Waals surface area contributed by atoms with E-state index in [-0.39, 0.29) is 23.1 Å². The van der Waals surface area contributed by atoms with Gasteiger partial charge in [0, 0.05) is 11.4 Å². The number of nitrogens with one attached hydrogen (secondary N) is 2. The van der Waals surface area contributed by atoms with Crippen molar-refractivity contribution < 1.29 is 23.5 Å². The molecule has 0 saturated heterocycles. The zero-order valence-corrected chi connectivity index (χ0v) is 16.3. The van der Waals surface area contributed by atoms with Gasteiger partial charge in [-0.05, 0) is 49.7 Å². The number of thioether (sulfide) groups is 1. The molecule has 0 aliphatic rings. The second-order valence-electron chi connectivity index (χ2n) is 6.04. The van der Waals surface area contributed by atoms with Gasteiger partial charge in [0.2, 0.25) is 5.91 Å². The van der Waals surface area contributed by atoms with Crippen LogP contribution in [0.5, 0.6) is 0 Å². The summed E-state index contributed by atoms with van der Waals surface area (Å²) >= 11 is 1.08. The largest absolute Gasteiger partial charge is 0.452 e. The van der Waals surface area contributed by atoms with Crippen LogP contribution in [0.2, 0.25) is 0 Å². The SMILES string of the molecule is Cc1cccc(NC(=O)CSCC(=O)O[C@H](C)C(=O)Nc2cccc(F)c2)c1. The Kier molecular flexibility index (Phi) is 8.01. The molecule has 2 rings (SSSR count). The summed E-state index contributed by atoms with van der Waals surface area (Å²) in [4.78, 5) is 35.7. The number of ether oxygens (including phenoxy) is 1. The number of amides is 2. The molecule has 0 aromatic heterocycles. The molecule has 0 aliphatic heterocycles. The minimum absolute atomic E-state index is 0.0706. The quantitative estimate of drug-likeness (QED) is 0.659. The molecule has 0 saturated carbocycles. The van der Waals surface area contributed by atoms with Gasteiger partial charge in [0.25, 0.3) is 5.91 Å². The van der Waals surface area contributed by atoms with Gasteiger partial charge in [0.15, 0.2) is 6.10 Å². The van der Waals surface area contributed by atoms with Crippen LogP contribution in [0.15, 0.2) is 48.5 Å². The van der Waals surface area contributed by atoms with Crippen LogP contribution in [0.1, 0.15) is 12.5 Å². The number of anilines is 2. The van der Waals surface area contributed by atoms with Crippen LogP contribution >= 0.6 is 11.8 Å². The summed E-state index contributed by atoms with van der Waals surface area (Å²) in [5.74, 6) is -1.90. The number of benzene rings is 2. The summed E-state index contributed by atoms with van der Waals surface area (Å²) in [7, 11) is 0. The Morgan fingerprint density at radius 1 is 1.04 bits per heavy atom. The Balaban J connectivity index is 1.69. The summed E-state index contributed by atoms with van der Waals surface area (Å²) in [5, 5.41) is 5.21. The van der Waals surface area contributed by atoms with Crippen LogP contribution in [0.4, 0.5) is 15.8 Å². The van der Waals surface area contributed by atoms with Crippen molar-refractivity contribution in [2.24, 2.45) is 0 Å². The maximum Gasteiger partial charge on any atom is 0.316 e. The van der Waals surface area contributed by atoms with E-state index in [1.54, 1.807) is 6.07 Å². The van der Waals surface area contributed by atoms with Crippen molar-refractivity contribution in [1.82, 2.24) is 0 Å². The average molecular weight is 404 g/mol. The van der Waals surface area contributed by atoms with Gasteiger partial charge in [-0.1, -0.05) is 18.2 Å². The van der Waals surface area contributed by atoms with Gasteiger partial charge in [-0.15, -0.1) is 11.8 Å². The third-order valence-electron chi connectivity index (χ3n) is 3.52. The van der Waals surface area contributed by atoms with Crippen LogP contribution in [0, 0.1) is 12.7 Å². The van der Waals surface area contributed by atoms with Gasteiger partial charge in [-0.25, -0.2) is 4.39 Å². The van der Waals surface area contributed by atoms with Crippen LogP contribution in [-0.2, 0) is 19.1 Å². The summed E-state index contributed by atoms with van der Waals surface area (Å²) < 4.78 is 18.2. The van der Waals surface area contributed by atoms with Crippen LogP contribution in [0.25, 0.3) is 0 Å². The molecule has 28 heavy (non-hydrogen) atoms. The number of halogens is 1. The van der Waals surface area contributed by atoms with E-state index in [9.17, 15) is 18.8 Å². The standard InChI is InChI=1S/C20H21FN2O4S/c1-13-5-3-7-16(9-13)22-18(24)11-28-12-19(25)27-14(2)20(26)23-17-8-4-6-15(21)10-17/h3-10,14H,11-12H2,1-2H3,(H,22,24)(H,23,26)/t14-/m1/s1. The molecule has 0 radical (unpaired) electrons. The van der Waals surface area contributed by atoms with E-state index >= 15 is 0 Å². The lowest BCUT2D eigenvalue weighted by Crippen LogP contribution is -2.30. The monoisotopic (exact) mass is 404 g/mol. The molecule has 8 heteroatoms. The van der Waals surface area contributed by atoms with E-state index in [1.807, 2.05) is 25.1 Å². The highest BCUT2D eigenvalue weighted by atomic mass is 32.2. The van der Waals surface area contributed by atoms with Crippen molar-refractivity contribution in [3.05, 3.63) is 59.9 Å². The van der Waals surface area contributed by atoms with Crippen LogP contribution in [-0.4, -0.2) is 35.4 Å². The number of hydrogen-bond donors (Lipinski definition) is 2. The highest BCUT2D eigenvalue weighted by Crippen LogP contribution is 2.12. The molecule has 0 bridgehead atoms. The van der Waals surface area contributed by atoms with Gasteiger partial charge < -0.3 is 15.4 Å². The molecule has 2 aromatic carbocycles. The topological polar surface area (TPSA) is 84.5 Å². The number of esters is 1. The summed E-state index contributed by atoms with van der Waals surface area (Å²) in [6.45, 7) is 3.34. The number of hydrogen-bond acceptors (Lipinski definition) is 5. The first kappa shape index (κ1) is 21.4. The third-order valence-corrected chi connectivity index (χ3v) is 4.43. The molecule has 0 unspecified atom stereocenters. The van der Waals surface area contributed by atoms with Crippen molar-refractivity contribution in [3.63, 3.8) is 0 Å². The first-order valence-electron chi connectivity index (χ1n) is 8.53. The number of rotatable bonds is 8. The van der Waals surface area contributed by atoms with Crippen molar-refractivity contribution in [3.8, 4) is 0 Å². The third kappa shape index (κ3) is 7.40. The lowest BCUT2D eigenvalue weighted by Gasteiger charge is -2.13. The normalized spacial score (nSPS) is 11.4. The van der Waals surface area contributed by atoms with Gasteiger partial charge in [0.05, 0.1) is 11.5 Å². The van der Waals surface area contributed by atoms with Crippen LogP contribution < -0.4 is 10.6 Å². The minimum atomic E-state index is -1.04. The van der Waals surface area contributed by atoms with Gasteiger partial charge in [0.1, 0.15) is 5.82 Å². The highest BCUT2D eigenvalue weighted by Gasteiger charge is 2.18. The predicted octanol–water partition coefficient (Wildman–Crippen LogP) is 3.38. The van der Waals surface area contributed by atoms with Crippen molar-refractivity contribution >= 4 is 40.9 Å². The van der Waals surface area contributed by atoms with Gasteiger partial charge in [-0.3, -0.25) is 14.4 Å². The molecule has 2 amide bonds. The fourth-order valence-electron chi connectivity index (χ4n) is 2.24. The molecule has 6 nitrogen and oxygen atoms in total. The second kappa shape index (κ2) is 10.5. The average Bonchev–Trinajstić information content (AvgIpc) is 2.61. The molecular weight excluding hydrogens is 383 g/mol. The molecule has 0 heterocycles. The van der Waals surface area contributed by atoms with Crippen molar-refractivity contribution in [1.29, 1.82) is 0 Å². The Hall–Kier alpha value is -2.87. The Morgan fingerprint density at radius 2 is 1.71 bits per heavy atom. The lowest BCUT2D eigenvalue weighted by atomic mass is 10.2. The smallest absolute Gasteiger partial charge is 0.316 e. The molecule has 148 valence electrons. The number of carbonyl (C=O) groups is 3. The fourth-order valence-corrected chi connectivity index (χ4v) is 2.84. The van der Waals surface area contributed by atoms with E-state index in [0.717, 1.165) is 23.4 Å². The Morgan fingerprint density at radius 3 is 2.39 bits per heavy atom. The van der Waals surface area contributed by atoms with Crippen LogP contribution in [0.3, 0.4) is 0 Å². The van der Waals surface area contributed by atoms with E-state index in [4.69, 9.17) is 4.74 Å². The predicted molar refractivity (Wildman–Crippen MR) is 108 cm³/mol. The Bertz CT molecular complexity index is 860. The van der Waals surface area contributed by atoms with E-state index in [2.05, 4.69) is 10.6 Å². The number of aryl methyl sites for hydroxylation is 1. The molecule has 0 aliphatic carbocycles. The zero-order valence-electron chi connectivity index (χ0n) is 15.5. The molecule has 0 fully saturated rings. The van der Waals surface area contributed by atoms with E-state index in [1.165, 1.54) is 25.1 Å². The molecule has 0 spiro atoms. The molecular formula is C20H21FN2O4S. The summed E-state index contributed by atoms with van der Waals surface area (Å²) in [5.41, 5.74) is 1.99. The first-order chi connectivity index (χ1) is 13.3. The maximum atomic E-state index is 13.1. The molecule has 2 N–H and O–H groups in total. The highest BCUT2D eigenvalue weighted by molar-refractivity contribution is 8.00. The first-order valence-corrected chi connectivity index (χ1v) is 9.69. The fraction of sp³-hybridized carbons (Fsp3) is 0.250. The van der Waals surface area contributed by atoms with Crippen molar-refractivity contribution in [2.45, 2.75) is 20.0 Å². The molecule has 2 aromatic rings. The Labute approximate surface area is 166 Å². The van der Waals surface area contributed by atoms with Gasteiger partial charge >= 0.3 is 5.97 Å². The zero-order chi connectivity index (χ0) is 20.5. The van der Waals surface area contributed by atoms with Crippen molar-refractivity contribution in [2.75, 3.05) is 22.1 Å².